The van der Waals surface area contributed by atoms with Crippen molar-refractivity contribution in [3.63, 3.8) is 0 Å². The molecule has 36 heavy (non-hydrogen) atoms. The molecule has 0 atom stereocenters. The molecular formula is C26H21N3O7. The van der Waals surface area contributed by atoms with E-state index in [0.717, 1.165) is 5.56 Å². The third kappa shape index (κ3) is 5.71. The number of nitrogens with one attached hydrogen (secondary N) is 1. The van der Waals surface area contributed by atoms with Gasteiger partial charge in [-0.15, -0.1) is 0 Å². The minimum atomic E-state index is -0.577. The lowest BCUT2D eigenvalue weighted by molar-refractivity contribution is -0.384. The van der Waals surface area contributed by atoms with E-state index >= 15 is 0 Å². The second-order valence-corrected chi connectivity index (χ2v) is 7.60. The number of methoxy groups -OCH3 is 1. The Hall–Kier alpha value is -5.04. The lowest BCUT2D eigenvalue weighted by atomic mass is 10.1. The third-order valence-electron chi connectivity index (χ3n) is 5.21. The predicted octanol–water partition coefficient (Wildman–Crippen LogP) is 4.50. The fraction of sp³-hybridized carbons (Fsp3) is 0.154. The first-order chi connectivity index (χ1) is 17.5. The quantitative estimate of drug-likeness (QED) is 0.213. The molecule has 0 aromatic heterocycles. The standard InChI is InChI=1S/C26H21N3O7/c1-33-24-13-18(4-8-22(24)36-16-17-2-6-21(7-3-17)29(31)32)12-19(15-27)26(30)28-20-5-9-23-25(14-20)35-11-10-34-23/h2-9,12-14H,10-11,16H2,1H3,(H,28,30)/b19-12+. The number of nitro groups is 1. The van der Waals surface area contributed by atoms with E-state index in [9.17, 15) is 20.2 Å². The van der Waals surface area contributed by atoms with Gasteiger partial charge in [-0.1, -0.05) is 6.07 Å². The Balaban J connectivity index is 1.45. The second-order valence-electron chi connectivity index (χ2n) is 7.60. The highest BCUT2D eigenvalue weighted by molar-refractivity contribution is 6.09. The maximum Gasteiger partial charge on any atom is 0.269 e. The molecule has 0 fully saturated rings. The number of fused-ring (bicyclic) bond motifs is 1. The Morgan fingerprint density at radius 1 is 1.08 bits per heavy atom. The minimum absolute atomic E-state index is 0.00113. The number of hydrogen-bond donors (Lipinski definition) is 1. The van der Waals surface area contributed by atoms with E-state index in [-0.39, 0.29) is 17.9 Å². The lowest BCUT2D eigenvalue weighted by Gasteiger charge is -2.18. The monoisotopic (exact) mass is 487 g/mol. The summed E-state index contributed by atoms with van der Waals surface area (Å²) >= 11 is 0. The molecule has 10 heteroatoms. The number of non-ortho nitro benzene ring substituents is 1. The van der Waals surface area contributed by atoms with Gasteiger partial charge in [0, 0.05) is 23.9 Å². The van der Waals surface area contributed by atoms with Gasteiger partial charge in [0.05, 0.1) is 12.0 Å². The number of ether oxygens (including phenoxy) is 4. The van der Waals surface area contributed by atoms with Crippen molar-refractivity contribution in [3.8, 4) is 29.1 Å². The summed E-state index contributed by atoms with van der Waals surface area (Å²) in [5.74, 6) is 1.38. The number of rotatable bonds is 8. The highest BCUT2D eigenvalue weighted by atomic mass is 16.6. The summed E-state index contributed by atoms with van der Waals surface area (Å²) < 4.78 is 22.2. The summed E-state index contributed by atoms with van der Waals surface area (Å²) in [6.07, 6.45) is 1.44. The number of nitriles is 1. The number of nitrogens with zero attached hydrogens (tertiary/aromatic N) is 2. The van der Waals surface area contributed by atoms with E-state index in [0.29, 0.717) is 47.5 Å². The van der Waals surface area contributed by atoms with Gasteiger partial charge in [0.25, 0.3) is 11.6 Å². The lowest BCUT2D eigenvalue weighted by Crippen LogP contribution is -2.17. The fourth-order valence-electron chi connectivity index (χ4n) is 3.40. The first-order valence-electron chi connectivity index (χ1n) is 10.8. The summed E-state index contributed by atoms with van der Waals surface area (Å²) in [4.78, 5) is 23.0. The van der Waals surface area contributed by atoms with E-state index in [1.54, 1.807) is 48.5 Å². The second kappa shape index (κ2) is 10.9. The van der Waals surface area contributed by atoms with Crippen LogP contribution in [-0.2, 0) is 11.4 Å². The van der Waals surface area contributed by atoms with Gasteiger partial charge in [-0.25, -0.2) is 0 Å². The highest BCUT2D eigenvalue weighted by Gasteiger charge is 2.15. The van der Waals surface area contributed by atoms with Crippen LogP contribution < -0.4 is 24.3 Å². The van der Waals surface area contributed by atoms with Gasteiger partial charge in [0.1, 0.15) is 31.5 Å². The molecule has 1 aliphatic heterocycles. The zero-order valence-corrected chi connectivity index (χ0v) is 19.2. The number of carbonyl (C=O) groups is 1. The smallest absolute Gasteiger partial charge is 0.269 e. The molecule has 3 aromatic carbocycles. The average Bonchev–Trinajstić information content (AvgIpc) is 2.90. The van der Waals surface area contributed by atoms with Crippen LogP contribution in [0.3, 0.4) is 0 Å². The molecule has 10 nitrogen and oxygen atoms in total. The van der Waals surface area contributed by atoms with Crippen LogP contribution in [0.2, 0.25) is 0 Å². The highest BCUT2D eigenvalue weighted by Crippen LogP contribution is 2.33. The third-order valence-corrected chi connectivity index (χ3v) is 5.21. The number of benzene rings is 3. The molecule has 1 aliphatic rings. The number of amides is 1. The largest absolute Gasteiger partial charge is 0.493 e. The van der Waals surface area contributed by atoms with Crippen LogP contribution in [-0.4, -0.2) is 31.2 Å². The molecule has 0 radical (unpaired) electrons. The van der Waals surface area contributed by atoms with Gasteiger partial charge in [-0.3, -0.25) is 14.9 Å². The Kier molecular flexibility index (Phi) is 7.31. The molecular weight excluding hydrogens is 466 g/mol. The summed E-state index contributed by atoms with van der Waals surface area (Å²) in [5.41, 5.74) is 1.67. The number of anilines is 1. The van der Waals surface area contributed by atoms with Crippen molar-refractivity contribution in [3.05, 3.63) is 87.5 Å². The maximum atomic E-state index is 12.7. The van der Waals surface area contributed by atoms with Crippen LogP contribution >= 0.6 is 0 Å². The Morgan fingerprint density at radius 2 is 1.83 bits per heavy atom. The van der Waals surface area contributed by atoms with Crippen LogP contribution in [0.15, 0.2) is 66.2 Å². The minimum Gasteiger partial charge on any atom is -0.493 e. The Morgan fingerprint density at radius 3 is 2.53 bits per heavy atom. The van der Waals surface area contributed by atoms with Crippen LogP contribution in [0.1, 0.15) is 11.1 Å². The van der Waals surface area contributed by atoms with Gasteiger partial charge in [0.15, 0.2) is 23.0 Å². The average molecular weight is 487 g/mol. The van der Waals surface area contributed by atoms with Crippen molar-refractivity contribution in [2.24, 2.45) is 0 Å². The molecule has 1 N–H and O–H groups in total. The van der Waals surface area contributed by atoms with Gasteiger partial charge in [0.2, 0.25) is 0 Å². The van der Waals surface area contributed by atoms with Gasteiger partial charge in [-0.2, -0.15) is 5.26 Å². The van der Waals surface area contributed by atoms with E-state index in [1.807, 2.05) is 6.07 Å². The van der Waals surface area contributed by atoms with Crippen molar-refractivity contribution in [2.75, 3.05) is 25.6 Å². The normalized spacial score (nSPS) is 12.3. The predicted molar refractivity (Wildman–Crippen MR) is 130 cm³/mol. The molecule has 1 heterocycles. The molecule has 4 rings (SSSR count). The van der Waals surface area contributed by atoms with Crippen LogP contribution in [0, 0.1) is 21.4 Å². The molecule has 0 aliphatic carbocycles. The zero-order chi connectivity index (χ0) is 25.5. The number of carbonyl (C=O) groups excluding carboxylic acids is 1. The van der Waals surface area contributed by atoms with Crippen molar-refractivity contribution in [1.29, 1.82) is 5.26 Å². The number of hydrogen-bond acceptors (Lipinski definition) is 8. The first kappa shape index (κ1) is 24.1. The molecule has 3 aromatic rings. The molecule has 0 saturated heterocycles. The first-order valence-corrected chi connectivity index (χ1v) is 10.8. The van der Waals surface area contributed by atoms with Crippen molar-refractivity contribution in [1.82, 2.24) is 0 Å². The SMILES string of the molecule is COc1cc(/C=C(\C#N)C(=O)Nc2ccc3c(c2)OCCO3)ccc1OCc1ccc([N+](=O)[O-])cc1. The Labute approximate surface area is 206 Å². The molecule has 182 valence electrons. The van der Waals surface area contributed by atoms with Crippen molar-refractivity contribution < 1.29 is 28.7 Å². The van der Waals surface area contributed by atoms with Crippen LogP contribution in [0.25, 0.3) is 6.08 Å². The molecule has 0 bridgehead atoms. The molecule has 1 amide bonds. The summed E-state index contributed by atoms with van der Waals surface area (Å²) in [6.45, 7) is 1.05. The van der Waals surface area contributed by atoms with Crippen molar-refractivity contribution >= 4 is 23.4 Å². The van der Waals surface area contributed by atoms with E-state index in [4.69, 9.17) is 18.9 Å². The van der Waals surface area contributed by atoms with E-state index < -0.39 is 10.8 Å². The molecule has 0 spiro atoms. The maximum absolute atomic E-state index is 12.7. The summed E-state index contributed by atoms with van der Waals surface area (Å²) in [5, 5.41) is 23.0. The molecule has 0 saturated carbocycles. The van der Waals surface area contributed by atoms with Gasteiger partial charge in [-0.05, 0) is 53.6 Å². The van der Waals surface area contributed by atoms with E-state index in [2.05, 4.69) is 5.32 Å². The fourth-order valence-corrected chi connectivity index (χ4v) is 3.40. The topological polar surface area (TPSA) is 133 Å². The van der Waals surface area contributed by atoms with Crippen LogP contribution in [0.5, 0.6) is 23.0 Å². The van der Waals surface area contributed by atoms with Crippen LogP contribution in [0.4, 0.5) is 11.4 Å². The van der Waals surface area contributed by atoms with Crippen molar-refractivity contribution in [2.45, 2.75) is 6.61 Å². The zero-order valence-electron chi connectivity index (χ0n) is 19.2. The number of nitro benzene ring substituents is 1. The molecule has 0 unspecified atom stereocenters. The summed E-state index contributed by atoms with van der Waals surface area (Å²) in [7, 11) is 1.47. The van der Waals surface area contributed by atoms with E-state index in [1.165, 1.54) is 25.3 Å². The van der Waals surface area contributed by atoms with Gasteiger partial charge < -0.3 is 24.3 Å². The summed E-state index contributed by atoms with van der Waals surface area (Å²) in [6, 6.07) is 17.9. The Bertz CT molecular complexity index is 1360. The van der Waals surface area contributed by atoms with Gasteiger partial charge >= 0.3 is 0 Å².